The quantitative estimate of drug-likeness (QED) is 0.733. The molecule has 110 valence electrons. The first kappa shape index (κ1) is 16.0. The lowest BCUT2D eigenvalue weighted by molar-refractivity contribution is -0.146. The van der Waals surface area contributed by atoms with Gasteiger partial charge in [0.1, 0.15) is 0 Å². The summed E-state index contributed by atoms with van der Waals surface area (Å²) < 4.78 is 4.66. The molecule has 1 aliphatic rings. The topological polar surface area (TPSA) is 58.6 Å². The summed E-state index contributed by atoms with van der Waals surface area (Å²) in [6, 6.07) is 0. The van der Waals surface area contributed by atoms with E-state index in [2.05, 4.69) is 10.1 Å². The Bertz CT molecular complexity index is 301. The number of hydrogen-bond acceptors (Lipinski definition) is 4. The van der Waals surface area contributed by atoms with Gasteiger partial charge in [0.25, 0.3) is 0 Å². The van der Waals surface area contributed by atoms with E-state index < -0.39 is 0 Å². The monoisotopic (exact) mass is 270 g/mol. The average molecular weight is 270 g/mol. The second-order valence-corrected chi connectivity index (χ2v) is 5.45. The average Bonchev–Trinajstić information content (AvgIpc) is 2.44. The molecule has 0 aromatic rings. The number of amides is 1. The van der Waals surface area contributed by atoms with Crippen LogP contribution in [-0.2, 0) is 14.3 Å². The van der Waals surface area contributed by atoms with E-state index in [1.165, 1.54) is 20.0 Å². The third kappa shape index (κ3) is 5.59. The van der Waals surface area contributed by atoms with E-state index in [-0.39, 0.29) is 17.8 Å². The molecule has 2 unspecified atom stereocenters. The van der Waals surface area contributed by atoms with Crippen LogP contribution in [0.4, 0.5) is 0 Å². The Morgan fingerprint density at radius 1 is 1.47 bits per heavy atom. The minimum absolute atomic E-state index is 0.112. The predicted octanol–water partition coefficient (Wildman–Crippen LogP) is 1.03. The van der Waals surface area contributed by atoms with Crippen molar-refractivity contribution in [2.24, 2.45) is 11.8 Å². The van der Waals surface area contributed by atoms with Crippen molar-refractivity contribution >= 4 is 11.9 Å². The molecular formula is C14H26N2O3. The summed E-state index contributed by atoms with van der Waals surface area (Å²) in [5.74, 6) is 0.192. The van der Waals surface area contributed by atoms with Gasteiger partial charge < -0.3 is 15.0 Å². The van der Waals surface area contributed by atoms with Gasteiger partial charge in [0.2, 0.25) is 5.91 Å². The summed E-state index contributed by atoms with van der Waals surface area (Å²) in [6.45, 7) is 4.33. The summed E-state index contributed by atoms with van der Waals surface area (Å²) in [4.78, 5) is 24.9. The molecule has 1 saturated heterocycles. The molecule has 2 atom stereocenters. The van der Waals surface area contributed by atoms with E-state index in [0.717, 1.165) is 19.5 Å². The Labute approximate surface area is 115 Å². The molecule has 0 radical (unpaired) electrons. The molecule has 1 aliphatic heterocycles. The molecule has 0 bridgehead atoms. The van der Waals surface area contributed by atoms with Crippen LogP contribution >= 0.6 is 0 Å². The maximum atomic E-state index is 12.0. The van der Waals surface area contributed by atoms with Crippen molar-refractivity contribution in [3.63, 3.8) is 0 Å². The van der Waals surface area contributed by atoms with E-state index in [9.17, 15) is 9.59 Å². The van der Waals surface area contributed by atoms with Crippen LogP contribution in [-0.4, -0.2) is 50.6 Å². The zero-order chi connectivity index (χ0) is 14.3. The van der Waals surface area contributed by atoms with Gasteiger partial charge >= 0.3 is 5.97 Å². The van der Waals surface area contributed by atoms with Crippen molar-refractivity contribution in [2.75, 3.05) is 33.8 Å². The van der Waals surface area contributed by atoms with Crippen molar-refractivity contribution in [3.8, 4) is 0 Å². The molecular weight excluding hydrogens is 244 g/mol. The fraction of sp³-hybridized carbons (Fsp3) is 0.857. The zero-order valence-corrected chi connectivity index (χ0v) is 12.3. The molecule has 1 fully saturated rings. The Morgan fingerprint density at radius 3 is 2.79 bits per heavy atom. The molecule has 0 saturated carbocycles. The highest BCUT2D eigenvalue weighted by molar-refractivity contribution is 5.77. The first-order valence-corrected chi connectivity index (χ1v) is 7.07. The highest BCUT2D eigenvalue weighted by atomic mass is 16.5. The molecule has 1 amide bonds. The van der Waals surface area contributed by atoms with Crippen LogP contribution in [0, 0.1) is 11.8 Å². The van der Waals surface area contributed by atoms with Gasteiger partial charge in [-0.3, -0.25) is 9.59 Å². The number of methoxy groups -OCH3 is 1. The van der Waals surface area contributed by atoms with Gasteiger partial charge in [-0.2, -0.15) is 0 Å². The standard InChI is InChI=1S/C14H26N2O3/c1-11(14(18)19-3)10-16(2)13(17)7-6-12-5-4-8-15-9-12/h11-12,15H,4-10H2,1-3H3. The molecule has 19 heavy (non-hydrogen) atoms. The SMILES string of the molecule is COC(=O)C(C)CN(C)C(=O)CCC1CCCNC1. The number of esters is 1. The van der Waals surface area contributed by atoms with Gasteiger partial charge in [0, 0.05) is 20.0 Å². The van der Waals surface area contributed by atoms with Gasteiger partial charge in [-0.1, -0.05) is 6.92 Å². The minimum Gasteiger partial charge on any atom is -0.469 e. The highest BCUT2D eigenvalue weighted by Crippen LogP contribution is 2.16. The Morgan fingerprint density at radius 2 is 2.21 bits per heavy atom. The fourth-order valence-corrected chi connectivity index (χ4v) is 2.48. The van der Waals surface area contributed by atoms with E-state index in [1.54, 1.807) is 18.9 Å². The van der Waals surface area contributed by atoms with Crippen LogP contribution < -0.4 is 5.32 Å². The summed E-state index contributed by atoms with van der Waals surface area (Å²) in [7, 11) is 3.12. The number of rotatable bonds is 6. The van der Waals surface area contributed by atoms with Crippen LogP contribution in [0.2, 0.25) is 0 Å². The Balaban J connectivity index is 2.25. The molecule has 5 nitrogen and oxygen atoms in total. The number of nitrogens with zero attached hydrogens (tertiary/aromatic N) is 1. The summed E-state index contributed by atoms with van der Waals surface area (Å²) in [6.07, 6.45) is 3.91. The van der Waals surface area contributed by atoms with Crippen molar-refractivity contribution in [3.05, 3.63) is 0 Å². The number of hydrogen-bond donors (Lipinski definition) is 1. The maximum absolute atomic E-state index is 12.0. The third-order valence-electron chi connectivity index (χ3n) is 3.74. The molecule has 1 N–H and O–H groups in total. The smallest absolute Gasteiger partial charge is 0.310 e. The predicted molar refractivity (Wildman–Crippen MR) is 73.6 cm³/mol. The van der Waals surface area contributed by atoms with Crippen LogP contribution in [0.5, 0.6) is 0 Å². The number of carbonyl (C=O) groups is 2. The summed E-state index contributed by atoms with van der Waals surface area (Å²) >= 11 is 0. The third-order valence-corrected chi connectivity index (χ3v) is 3.74. The first-order chi connectivity index (χ1) is 9.04. The number of nitrogens with one attached hydrogen (secondary N) is 1. The molecule has 0 aromatic heterocycles. The lowest BCUT2D eigenvalue weighted by Crippen LogP contribution is -2.35. The lowest BCUT2D eigenvalue weighted by atomic mass is 9.94. The second-order valence-electron chi connectivity index (χ2n) is 5.45. The van der Waals surface area contributed by atoms with Crippen molar-refractivity contribution in [1.29, 1.82) is 0 Å². The number of piperidine rings is 1. The first-order valence-electron chi connectivity index (χ1n) is 7.07. The van der Waals surface area contributed by atoms with Crippen LogP contribution in [0.3, 0.4) is 0 Å². The van der Waals surface area contributed by atoms with Crippen molar-refractivity contribution in [1.82, 2.24) is 10.2 Å². The van der Waals surface area contributed by atoms with Crippen molar-refractivity contribution in [2.45, 2.75) is 32.6 Å². The van der Waals surface area contributed by atoms with E-state index >= 15 is 0 Å². The lowest BCUT2D eigenvalue weighted by Gasteiger charge is -2.24. The summed E-state index contributed by atoms with van der Waals surface area (Å²) in [5.41, 5.74) is 0. The van der Waals surface area contributed by atoms with Crippen LogP contribution in [0.1, 0.15) is 32.6 Å². The maximum Gasteiger partial charge on any atom is 0.310 e. The fourth-order valence-electron chi connectivity index (χ4n) is 2.48. The van der Waals surface area contributed by atoms with E-state index in [1.807, 2.05) is 0 Å². The largest absolute Gasteiger partial charge is 0.469 e. The molecule has 0 spiro atoms. The van der Waals surface area contributed by atoms with Gasteiger partial charge in [-0.25, -0.2) is 0 Å². The second kappa shape index (κ2) is 8.15. The number of ether oxygens (including phenoxy) is 1. The zero-order valence-electron chi connectivity index (χ0n) is 12.3. The Kier molecular flexibility index (Phi) is 6.84. The molecule has 1 rings (SSSR count). The van der Waals surface area contributed by atoms with E-state index in [4.69, 9.17) is 0 Å². The minimum atomic E-state index is -0.268. The highest BCUT2D eigenvalue weighted by Gasteiger charge is 2.20. The number of carbonyl (C=O) groups excluding carboxylic acids is 2. The summed E-state index contributed by atoms with van der Waals surface area (Å²) in [5, 5.41) is 3.36. The van der Waals surface area contributed by atoms with Gasteiger partial charge in [0.05, 0.1) is 13.0 Å². The van der Waals surface area contributed by atoms with Crippen LogP contribution in [0.15, 0.2) is 0 Å². The van der Waals surface area contributed by atoms with Crippen molar-refractivity contribution < 1.29 is 14.3 Å². The molecule has 5 heteroatoms. The molecule has 0 aliphatic carbocycles. The van der Waals surface area contributed by atoms with E-state index in [0.29, 0.717) is 18.9 Å². The van der Waals surface area contributed by atoms with Gasteiger partial charge in [-0.15, -0.1) is 0 Å². The molecule has 1 heterocycles. The van der Waals surface area contributed by atoms with Gasteiger partial charge in [0.15, 0.2) is 0 Å². The normalized spacial score (nSPS) is 20.7. The van der Waals surface area contributed by atoms with Crippen LogP contribution in [0.25, 0.3) is 0 Å². The Hall–Kier alpha value is -1.10. The van der Waals surface area contributed by atoms with Gasteiger partial charge in [-0.05, 0) is 38.3 Å². The molecule has 0 aromatic carbocycles.